The Morgan fingerprint density at radius 1 is 1.22 bits per heavy atom. The molecule has 0 aliphatic rings. The van der Waals surface area contributed by atoms with Crippen molar-refractivity contribution in [1.82, 2.24) is 15.3 Å². The van der Waals surface area contributed by atoms with Gasteiger partial charge in [0, 0.05) is 36.1 Å². The van der Waals surface area contributed by atoms with E-state index in [4.69, 9.17) is 5.73 Å². The number of sulfonamides is 1. The summed E-state index contributed by atoms with van der Waals surface area (Å²) in [5.41, 5.74) is 9.19. The average Bonchev–Trinajstić information content (AvgIpc) is 3.01. The standard InChI is InChI=1S/C18H21N5O3S/c1-27(25,26)23-13-4-2-12(3-5-13)15-6-8-21-18-16(15)10-14(22-18)11-17(24)20-9-7-19/h2-6,8,10,23H,7,9,11,19H2,1H3,(H,20,24)(H,21,22). The smallest absolute Gasteiger partial charge is 0.229 e. The highest BCUT2D eigenvalue weighted by molar-refractivity contribution is 7.92. The Labute approximate surface area is 157 Å². The van der Waals surface area contributed by atoms with Crippen molar-refractivity contribution in [2.24, 2.45) is 5.73 Å². The molecular weight excluding hydrogens is 366 g/mol. The maximum absolute atomic E-state index is 11.9. The molecule has 0 aliphatic carbocycles. The molecule has 0 bridgehead atoms. The Balaban J connectivity index is 1.87. The maximum Gasteiger partial charge on any atom is 0.229 e. The van der Waals surface area contributed by atoms with E-state index in [0.29, 0.717) is 24.4 Å². The zero-order valence-corrected chi connectivity index (χ0v) is 15.6. The van der Waals surface area contributed by atoms with Crippen LogP contribution in [0.2, 0.25) is 0 Å². The molecule has 142 valence electrons. The summed E-state index contributed by atoms with van der Waals surface area (Å²) in [6, 6.07) is 10.9. The lowest BCUT2D eigenvalue weighted by molar-refractivity contribution is -0.120. The van der Waals surface area contributed by atoms with Crippen molar-refractivity contribution in [2.75, 3.05) is 24.1 Å². The molecule has 2 heterocycles. The van der Waals surface area contributed by atoms with Crippen LogP contribution in [0.1, 0.15) is 5.69 Å². The van der Waals surface area contributed by atoms with Crippen molar-refractivity contribution < 1.29 is 13.2 Å². The number of aromatic nitrogens is 2. The molecule has 0 radical (unpaired) electrons. The normalized spacial score (nSPS) is 11.5. The molecule has 1 amide bonds. The number of carbonyl (C=O) groups is 1. The third-order valence-corrected chi connectivity index (χ3v) is 4.51. The number of rotatable bonds is 7. The van der Waals surface area contributed by atoms with Gasteiger partial charge in [-0.3, -0.25) is 9.52 Å². The van der Waals surface area contributed by atoms with E-state index in [1.807, 2.05) is 24.3 Å². The molecule has 0 saturated carbocycles. The molecule has 0 aliphatic heterocycles. The molecule has 0 spiro atoms. The van der Waals surface area contributed by atoms with E-state index in [9.17, 15) is 13.2 Å². The van der Waals surface area contributed by atoms with E-state index in [1.54, 1.807) is 18.3 Å². The van der Waals surface area contributed by atoms with Crippen molar-refractivity contribution in [1.29, 1.82) is 0 Å². The van der Waals surface area contributed by atoms with Crippen LogP contribution in [-0.4, -0.2) is 43.6 Å². The average molecular weight is 387 g/mol. The summed E-state index contributed by atoms with van der Waals surface area (Å²) in [5, 5.41) is 3.63. The topological polar surface area (TPSA) is 130 Å². The molecule has 27 heavy (non-hydrogen) atoms. The predicted molar refractivity (Wildman–Crippen MR) is 106 cm³/mol. The van der Waals surface area contributed by atoms with Crippen LogP contribution in [0.3, 0.4) is 0 Å². The van der Waals surface area contributed by atoms with Crippen LogP contribution in [0.25, 0.3) is 22.2 Å². The second-order valence-corrected chi connectivity index (χ2v) is 7.93. The number of hydrogen-bond donors (Lipinski definition) is 4. The predicted octanol–water partition coefficient (Wildman–Crippen LogP) is 1.22. The number of aromatic amines is 1. The summed E-state index contributed by atoms with van der Waals surface area (Å²) in [6.45, 7) is 0.838. The minimum Gasteiger partial charge on any atom is -0.354 e. The van der Waals surface area contributed by atoms with E-state index >= 15 is 0 Å². The first-order valence-electron chi connectivity index (χ1n) is 8.37. The molecule has 2 aromatic heterocycles. The summed E-state index contributed by atoms with van der Waals surface area (Å²) in [6.07, 6.45) is 3.01. The first kappa shape index (κ1) is 18.9. The molecule has 8 nitrogen and oxygen atoms in total. The zero-order valence-electron chi connectivity index (χ0n) is 14.8. The summed E-state index contributed by atoms with van der Waals surface area (Å²) >= 11 is 0. The van der Waals surface area contributed by atoms with Gasteiger partial charge in [-0.1, -0.05) is 12.1 Å². The van der Waals surface area contributed by atoms with Gasteiger partial charge in [0.05, 0.1) is 12.7 Å². The van der Waals surface area contributed by atoms with Crippen molar-refractivity contribution >= 4 is 32.7 Å². The van der Waals surface area contributed by atoms with Crippen LogP contribution >= 0.6 is 0 Å². The van der Waals surface area contributed by atoms with Crippen LogP contribution in [0.15, 0.2) is 42.6 Å². The van der Waals surface area contributed by atoms with Crippen LogP contribution in [0.5, 0.6) is 0 Å². The number of nitrogens with zero attached hydrogens (tertiary/aromatic N) is 1. The number of pyridine rings is 1. The number of amides is 1. The Morgan fingerprint density at radius 2 is 1.96 bits per heavy atom. The summed E-state index contributed by atoms with van der Waals surface area (Å²) < 4.78 is 25.1. The van der Waals surface area contributed by atoms with Crippen LogP contribution in [0, 0.1) is 0 Å². The van der Waals surface area contributed by atoms with Gasteiger partial charge >= 0.3 is 0 Å². The summed E-state index contributed by atoms with van der Waals surface area (Å²) in [7, 11) is -3.32. The Hall–Kier alpha value is -2.91. The highest BCUT2D eigenvalue weighted by Crippen LogP contribution is 2.29. The van der Waals surface area contributed by atoms with Gasteiger partial charge in [-0.05, 0) is 35.4 Å². The van der Waals surface area contributed by atoms with Gasteiger partial charge in [0.1, 0.15) is 5.65 Å². The summed E-state index contributed by atoms with van der Waals surface area (Å²) in [4.78, 5) is 19.4. The minimum atomic E-state index is -3.32. The van der Waals surface area contributed by atoms with Crippen molar-refractivity contribution in [3.8, 4) is 11.1 Å². The Kier molecular flexibility index (Phi) is 5.43. The number of nitrogens with one attached hydrogen (secondary N) is 3. The maximum atomic E-state index is 11.9. The summed E-state index contributed by atoms with van der Waals surface area (Å²) in [5.74, 6) is -0.107. The highest BCUT2D eigenvalue weighted by Gasteiger charge is 2.11. The van der Waals surface area contributed by atoms with Crippen LogP contribution in [-0.2, 0) is 21.2 Å². The number of hydrogen-bond acceptors (Lipinski definition) is 5. The number of nitrogens with two attached hydrogens (primary N) is 1. The monoisotopic (exact) mass is 387 g/mol. The number of fused-ring (bicyclic) bond motifs is 1. The SMILES string of the molecule is CS(=O)(=O)Nc1ccc(-c2ccnc3[nH]c(CC(=O)NCCN)cc23)cc1. The van der Waals surface area contributed by atoms with Crippen LogP contribution < -0.4 is 15.8 Å². The van der Waals surface area contributed by atoms with E-state index in [1.165, 1.54) is 0 Å². The lowest BCUT2D eigenvalue weighted by Gasteiger charge is -2.06. The highest BCUT2D eigenvalue weighted by atomic mass is 32.2. The molecule has 0 saturated heterocycles. The Bertz CT molecular complexity index is 1060. The van der Waals surface area contributed by atoms with Gasteiger partial charge in [0.2, 0.25) is 15.9 Å². The molecule has 0 unspecified atom stereocenters. The fraction of sp³-hybridized carbons (Fsp3) is 0.222. The molecule has 3 aromatic rings. The van der Waals surface area contributed by atoms with Gasteiger partial charge in [-0.15, -0.1) is 0 Å². The molecule has 9 heteroatoms. The fourth-order valence-corrected chi connectivity index (χ4v) is 3.37. The number of H-pyrrole nitrogens is 1. The third kappa shape index (κ3) is 4.83. The number of carbonyl (C=O) groups excluding carboxylic acids is 1. The van der Waals surface area contributed by atoms with E-state index in [2.05, 4.69) is 20.0 Å². The van der Waals surface area contributed by atoms with E-state index < -0.39 is 10.0 Å². The number of anilines is 1. The van der Waals surface area contributed by atoms with Gasteiger partial charge in [0.15, 0.2) is 0 Å². The van der Waals surface area contributed by atoms with Crippen LogP contribution in [0.4, 0.5) is 5.69 Å². The van der Waals surface area contributed by atoms with E-state index in [-0.39, 0.29) is 12.3 Å². The van der Waals surface area contributed by atoms with Crippen molar-refractivity contribution in [2.45, 2.75) is 6.42 Å². The van der Waals surface area contributed by atoms with E-state index in [0.717, 1.165) is 28.5 Å². The molecule has 0 fully saturated rings. The minimum absolute atomic E-state index is 0.107. The van der Waals surface area contributed by atoms with Crippen molar-refractivity contribution in [3.05, 3.63) is 48.3 Å². The van der Waals surface area contributed by atoms with Gasteiger partial charge in [0.25, 0.3) is 0 Å². The molecule has 1 aromatic carbocycles. The number of benzene rings is 1. The van der Waals surface area contributed by atoms with Gasteiger partial charge < -0.3 is 16.0 Å². The largest absolute Gasteiger partial charge is 0.354 e. The van der Waals surface area contributed by atoms with Gasteiger partial charge in [-0.25, -0.2) is 13.4 Å². The molecule has 5 N–H and O–H groups in total. The lowest BCUT2D eigenvalue weighted by atomic mass is 10.0. The molecule has 3 rings (SSSR count). The first-order valence-corrected chi connectivity index (χ1v) is 10.3. The lowest BCUT2D eigenvalue weighted by Crippen LogP contribution is -2.30. The zero-order chi connectivity index (χ0) is 19.4. The first-order chi connectivity index (χ1) is 12.9. The third-order valence-electron chi connectivity index (χ3n) is 3.90. The van der Waals surface area contributed by atoms with Crippen molar-refractivity contribution in [3.63, 3.8) is 0 Å². The molecule has 0 atom stereocenters. The Morgan fingerprint density at radius 3 is 2.63 bits per heavy atom. The fourth-order valence-electron chi connectivity index (χ4n) is 2.81. The van der Waals surface area contributed by atoms with Gasteiger partial charge in [-0.2, -0.15) is 0 Å². The molecular formula is C18H21N5O3S. The second-order valence-electron chi connectivity index (χ2n) is 6.18. The quantitative estimate of drug-likeness (QED) is 0.484. The second kappa shape index (κ2) is 7.77.